The SMILES string of the molecule is CCc1cc(-c2noc(-c3cc(C)nc(NCC(C)C)c3)n2)cc(C)c1CCC(=O)NCCNC(=O)OC(C)(C)C. The van der Waals surface area contributed by atoms with Gasteiger partial charge in [0.2, 0.25) is 11.7 Å². The molecule has 0 radical (unpaired) electrons. The quantitative estimate of drug-likeness (QED) is 0.242. The van der Waals surface area contributed by atoms with Crippen LogP contribution in [0.25, 0.3) is 22.8 Å². The number of nitrogens with one attached hydrogen (secondary N) is 3. The molecule has 222 valence electrons. The number of amides is 2. The van der Waals surface area contributed by atoms with Gasteiger partial charge in [0.1, 0.15) is 11.4 Å². The van der Waals surface area contributed by atoms with Crippen molar-refractivity contribution in [3.63, 3.8) is 0 Å². The third kappa shape index (κ3) is 9.88. The van der Waals surface area contributed by atoms with Gasteiger partial charge in [0.25, 0.3) is 5.89 Å². The molecule has 3 aromatic rings. The van der Waals surface area contributed by atoms with Crippen molar-refractivity contribution in [2.45, 2.75) is 80.3 Å². The number of hydrogen-bond acceptors (Lipinski definition) is 8. The zero-order valence-corrected chi connectivity index (χ0v) is 25.6. The van der Waals surface area contributed by atoms with E-state index in [9.17, 15) is 9.59 Å². The minimum atomic E-state index is -0.558. The first-order valence-electron chi connectivity index (χ1n) is 14.3. The van der Waals surface area contributed by atoms with Crippen molar-refractivity contribution in [1.29, 1.82) is 0 Å². The van der Waals surface area contributed by atoms with Crippen molar-refractivity contribution in [1.82, 2.24) is 25.8 Å². The first-order valence-corrected chi connectivity index (χ1v) is 14.3. The molecule has 0 bridgehead atoms. The lowest BCUT2D eigenvalue weighted by atomic mass is 9.93. The van der Waals surface area contributed by atoms with Crippen molar-refractivity contribution < 1.29 is 18.8 Å². The standard InChI is InChI=1S/C31H44N6O4/c1-9-22-16-23(28-36-29(41-37-28)24-15-21(5)35-26(17-24)34-18-19(2)3)14-20(4)25(22)10-11-27(38)32-12-13-33-30(39)40-31(6,7)8/h14-17,19H,9-13,18H2,1-8H3,(H,32,38)(H,33,39)(H,34,35). The Balaban J connectivity index is 1.63. The fourth-order valence-electron chi connectivity index (χ4n) is 4.35. The Kier molecular flexibility index (Phi) is 10.9. The maximum absolute atomic E-state index is 12.5. The van der Waals surface area contributed by atoms with Crippen molar-refractivity contribution in [3.8, 4) is 22.8 Å². The molecular weight excluding hydrogens is 520 g/mol. The molecule has 10 nitrogen and oxygen atoms in total. The molecule has 0 aliphatic heterocycles. The molecule has 0 atom stereocenters. The summed E-state index contributed by atoms with van der Waals surface area (Å²) in [5, 5.41) is 13.1. The number of aromatic nitrogens is 3. The predicted molar refractivity (Wildman–Crippen MR) is 161 cm³/mol. The van der Waals surface area contributed by atoms with Gasteiger partial charge < -0.3 is 25.2 Å². The Morgan fingerprint density at radius 3 is 2.41 bits per heavy atom. The third-order valence-electron chi connectivity index (χ3n) is 6.24. The summed E-state index contributed by atoms with van der Waals surface area (Å²) in [5.41, 5.74) is 5.36. The zero-order valence-electron chi connectivity index (χ0n) is 25.6. The van der Waals surface area contributed by atoms with Gasteiger partial charge in [-0.05, 0) is 94.3 Å². The van der Waals surface area contributed by atoms with Crippen LogP contribution in [0.4, 0.5) is 10.6 Å². The third-order valence-corrected chi connectivity index (χ3v) is 6.24. The smallest absolute Gasteiger partial charge is 0.407 e. The fourth-order valence-corrected chi connectivity index (χ4v) is 4.35. The molecule has 0 spiro atoms. The summed E-state index contributed by atoms with van der Waals surface area (Å²) in [6.45, 7) is 17.2. The average Bonchev–Trinajstić information content (AvgIpc) is 3.38. The molecule has 0 saturated carbocycles. The molecule has 3 N–H and O–H groups in total. The van der Waals surface area contributed by atoms with Gasteiger partial charge in [0.05, 0.1) is 0 Å². The summed E-state index contributed by atoms with van der Waals surface area (Å²) in [5.74, 6) is 2.17. The Labute approximate surface area is 243 Å². The van der Waals surface area contributed by atoms with Gasteiger partial charge in [-0.1, -0.05) is 25.9 Å². The van der Waals surface area contributed by atoms with Gasteiger partial charge in [-0.2, -0.15) is 4.98 Å². The molecule has 0 aliphatic rings. The fraction of sp³-hybridized carbons (Fsp3) is 0.516. The summed E-state index contributed by atoms with van der Waals surface area (Å²) in [4.78, 5) is 33.4. The molecule has 2 amide bonds. The van der Waals surface area contributed by atoms with E-state index in [0.717, 1.165) is 52.3 Å². The molecule has 2 aromatic heterocycles. The van der Waals surface area contributed by atoms with Crippen LogP contribution in [0.15, 0.2) is 28.8 Å². The summed E-state index contributed by atoms with van der Waals surface area (Å²) >= 11 is 0. The second kappa shape index (κ2) is 14.1. The molecule has 1 aromatic carbocycles. The Bertz CT molecular complexity index is 1340. The number of anilines is 1. The van der Waals surface area contributed by atoms with Crippen molar-refractivity contribution in [3.05, 3.63) is 46.6 Å². The Hall–Kier alpha value is -3.95. The van der Waals surface area contributed by atoms with E-state index in [1.807, 2.05) is 32.0 Å². The van der Waals surface area contributed by atoms with Crippen LogP contribution < -0.4 is 16.0 Å². The predicted octanol–water partition coefficient (Wildman–Crippen LogP) is 5.62. The Morgan fingerprint density at radius 1 is 1.00 bits per heavy atom. The van der Waals surface area contributed by atoms with E-state index in [1.54, 1.807) is 20.8 Å². The maximum Gasteiger partial charge on any atom is 0.407 e. The molecule has 10 heteroatoms. The minimum absolute atomic E-state index is 0.0702. The number of pyridine rings is 1. The van der Waals surface area contributed by atoms with Gasteiger partial charge in [-0.25, -0.2) is 9.78 Å². The van der Waals surface area contributed by atoms with E-state index in [1.165, 1.54) is 0 Å². The number of aryl methyl sites for hydroxylation is 3. The van der Waals surface area contributed by atoms with Gasteiger partial charge in [0.15, 0.2) is 0 Å². The molecule has 0 fully saturated rings. The van der Waals surface area contributed by atoms with E-state index in [-0.39, 0.29) is 5.91 Å². The second-order valence-electron chi connectivity index (χ2n) is 11.6. The van der Waals surface area contributed by atoms with Crippen LogP contribution in [0.2, 0.25) is 0 Å². The summed E-state index contributed by atoms with van der Waals surface area (Å²) in [7, 11) is 0. The van der Waals surface area contributed by atoms with Crippen LogP contribution >= 0.6 is 0 Å². The van der Waals surface area contributed by atoms with Crippen LogP contribution in [0.3, 0.4) is 0 Å². The molecule has 2 heterocycles. The first-order chi connectivity index (χ1) is 19.3. The molecule has 0 saturated heterocycles. The molecule has 0 unspecified atom stereocenters. The number of carbonyl (C=O) groups is 2. The molecule has 0 aliphatic carbocycles. The highest BCUT2D eigenvalue weighted by molar-refractivity contribution is 5.76. The van der Waals surface area contributed by atoms with Crippen molar-refractivity contribution >= 4 is 17.8 Å². The number of nitrogens with zero attached hydrogens (tertiary/aromatic N) is 3. The van der Waals surface area contributed by atoms with Crippen LogP contribution in [-0.2, 0) is 22.4 Å². The highest BCUT2D eigenvalue weighted by Gasteiger charge is 2.17. The Morgan fingerprint density at radius 2 is 1.73 bits per heavy atom. The average molecular weight is 565 g/mol. The topological polar surface area (TPSA) is 131 Å². The number of rotatable bonds is 12. The summed E-state index contributed by atoms with van der Waals surface area (Å²) in [6, 6.07) is 7.98. The number of benzene rings is 1. The van der Waals surface area contributed by atoms with Crippen molar-refractivity contribution in [2.24, 2.45) is 5.92 Å². The van der Waals surface area contributed by atoms with Crippen LogP contribution in [0, 0.1) is 19.8 Å². The van der Waals surface area contributed by atoms with Gasteiger partial charge in [0, 0.05) is 42.9 Å². The minimum Gasteiger partial charge on any atom is -0.444 e. The maximum atomic E-state index is 12.5. The van der Waals surface area contributed by atoms with E-state index in [2.05, 4.69) is 57.9 Å². The number of hydrogen-bond donors (Lipinski definition) is 3. The molecule has 41 heavy (non-hydrogen) atoms. The molecule has 3 rings (SSSR count). The van der Waals surface area contributed by atoms with Crippen LogP contribution in [0.5, 0.6) is 0 Å². The summed E-state index contributed by atoms with van der Waals surface area (Å²) < 4.78 is 10.8. The molecular formula is C31H44N6O4. The second-order valence-corrected chi connectivity index (χ2v) is 11.6. The van der Waals surface area contributed by atoms with Crippen LogP contribution in [-0.4, -0.2) is 52.4 Å². The highest BCUT2D eigenvalue weighted by atomic mass is 16.6. The van der Waals surface area contributed by atoms with E-state index in [0.29, 0.717) is 43.6 Å². The zero-order chi connectivity index (χ0) is 30.2. The largest absolute Gasteiger partial charge is 0.444 e. The lowest BCUT2D eigenvalue weighted by molar-refractivity contribution is -0.121. The van der Waals surface area contributed by atoms with E-state index >= 15 is 0 Å². The van der Waals surface area contributed by atoms with Gasteiger partial charge in [-0.3, -0.25) is 4.79 Å². The van der Waals surface area contributed by atoms with E-state index in [4.69, 9.17) is 9.26 Å². The lowest BCUT2D eigenvalue weighted by Gasteiger charge is -2.19. The number of alkyl carbamates (subject to hydrolysis) is 1. The highest BCUT2D eigenvalue weighted by Crippen LogP contribution is 2.28. The normalized spacial score (nSPS) is 11.4. The first kappa shape index (κ1) is 31.6. The monoisotopic (exact) mass is 564 g/mol. The van der Waals surface area contributed by atoms with Gasteiger partial charge in [-0.15, -0.1) is 0 Å². The summed E-state index contributed by atoms with van der Waals surface area (Å²) in [6.07, 6.45) is 1.27. The van der Waals surface area contributed by atoms with Gasteiger partial charge >= 0.3 is 6.09 Å². The van der Waals surface area contributed by atoms with E-state index < -0.39 is 11.7 Å². The van der Waals surface area contributed by atoms with Crippen molar-refractivity contribution in [2.75, 3.05) is 25.0 Å². The van der Waals surface area contributed by atoms with Crippen LogP contribution in [0.1, 0.15) is 70.3 Å². The number of ether oxygens (including phenoxy) is 1. The number of carbonyl (C=O) groups excluding carboxylic acids is 2. The lowest BCUT2D eigenvalue weighted by Crippen LogP contribution is -2.37.